The fourth-order valence-corrected chi connectivity index (χ4v) is 2.30. The number of halogens is 3. The monoisotopic (exact) mass is 331 g/mol. The second-order valence-corrected chi connectivity index (χ2v) is 5.97. The molecule has 1 aliphatic rings. The van der Waals surface area contributed by atoms with Crippen LogP contribution in [0.25, 0.3) is 0 Å². The van der Waals surface area contributed by atoms with Crippen molar-refractivity contribution in [2.24, 2.45) is 11.8 Å². The second-order valence-electron chi connectivity index (χ2n) is 5.97. The van der Waals surface area contributed by atoms with Gasteiger partial charge in [0.25, 0.3) is 0 Å². The van der Waals surface area contributed by atoms with E-state index in [0.717, 1.165) is 12.1 Å². The largest absolute Gasteiger partial charge is 0.573 e. The van der Waals surface area contributed by atoms with Crippen LogP contribution < -0.4 is 10.1 Å². The first kappa shape index (κ1) is 17.1. The molecule has 1 aromatic carbocycles. The van der Waals surface area contributed by atoms with Crippen LogP contribution in [0.3, 0.4) is 0 Å². The molecule has 0 bridgehead atoms. The van der Waals surface area contributed by atoms with Crippen molar-refractivity contribution in [3.8, 4) is 5.75 Å². The number of carbonyl (C=O) groups is 2. The first-order chi connectivity index (χ1) is 10.5. The summed E-state index contributed by atoms with van der Waals surface area (Å²) < 4.78 is 40.1. The Hall–Kier alpha value is -2.25. The van der Waals surface area contributed by atoms with Gasteiger partial charge in [-0.1, -0.05) is 12.1 Å². The van der Waals surface area contributed by atoms with E-state index in [2.05, 4.69) is 10.1 Å². The highest BCUT2D eigenvalue weighted by Gasteiger charge is 2.49. The van der Waals surface area contributed by atoms with Gasteiger partial charge in [-0.2, -0.15) is 0 Å². The van der Waals surface area contributed by atoms with E-state index in [1.807, 2.05) is 0 Å². The number of carbonyl (C=O) groups excluding carboxylic acids is 1. The zero-order valence-corrected chi connectivity index (χ0v) is 12.5. The molecule has 1 saturated carbocycles. The molecule has 1 fully saturated rings. The third-order valence-corrected chi connectivity index (χ3v) is 3.69. The summed E-state index contributed by atoms with van der Waals surface area (Å²) in [4.78, 5) is 22.8. The number of aliphatic carboxylic acids is 1. The van der Waals surface area contributed by atoms with Gasteiger partial charge in [-0.05, 0) is 38.0 Å². The average molecular weight is 331 g/mol. The van der Waals surface area contributed by atoms with E-state index in [1.54, 1.807) is 13.8 Å². The van der Waals surface area contributed by atoms with Gasteiger partial charge in [0.05, 0.1) is 17.4 Å². The summed E-state index contributed by atoms with van der Waals surface area (Å²) in [5.41, 5.74) is -0.271. The molecular weight excluding hydrogens is 315 g/mol. The molecule has 0 aromatic heterocycles. The van der Waals surface area contributed by atoms with E-state index in [-0.39, 0.29) is 11.7 Å². The summed E-state index contributed by atoms with van der Waals surface area (Å²) in [7, 11) is 0. The van der Waals surface area contributed by atoms with E-state index in [4.69, 9.17) is 5.11 Å². The molecule has 1 aliphatic carbocycles. The number of rotatable bonds is 5. The van der Waals surface area contributed by atoms with Crippen LogP contribution >= 0.6 is 0 Å². The molecule has 126 valence electrons. The van der Waals surface area contributed by atoms with Crippen molar-refractivity contribution in [2.75, 3.05) is 0 Å². The van der Waals surface area contributed by atoms with Gasteiger partial charge in [-0.15, -0.1) is 13.2 Å². The molecule has 2 rings (SSSR count). The molecule has 0 radical (unpaired) electrons. The number of ether oxygens (including phenoxy) is 1. The maximum atomic E-state index is 12.1. The minimum atomic E-state index is -4.76. The SMILES string of the molecule is CC(C)(NC(=O)C1CC1C(=O)O)c1ccc(OC(F)(F)F)cc1. The zero-order valence-electron chi connectivity index (χ0n) is 12.5. The van der Waals surface area contributed by atoms with Crippen LogP contribution in [0.4, 0.5) is 13.2 Å². The Kier molecular flexibility index (Phi) is 4.28. The van der Waals surface area contributed by atoms with Crippen molar-refractivity contribution >= 4 is 11.9 Å². The van der Waals surface area contributed by atoms with Crippen LogP contribution in [-0.4, -0.2) is 23.3 Å². The molecule has 0 saturated heterocycles. The van der Waals surface area contributed by atoms with Crippen molar-refractivity contribution in [3.05, 3.63) is 29.8 Å². The molecular formula is C15H16F3NO4. The zero-order chi connectivity index (χ0) is 17.4. The summed E-state index contributed by atoms with van der Waals surface area (Å²) in [6.07, 6.45) is -4.46. The average Bonchev–Trinajstić information content (AvgIpc) is 3.17. The molecule has 8 heteroatoms. The molecule has 0 aliphatic heterocycles. The van der Waals surface area contributed by atoms with Crippen LogP contribution in [-0.2, 0) is 15.1 Å². The summed E-state index contributed by atoms with van der Waals surface area (Å²) in [6, 6.07) is 5.16. The van der Waals surface area contributed by atoms with Crippen molar-refractivity contribution < 1.29 is 32.6 Å². The molecule has 1 amide bonds. The van der Waals surface area contributed by atoms with Crippen LogP contribution in [0.15, 0.2) is 24.3 Å². The number of hydrogen-bond donors (Lipinski definition) is 2. The molecule has 1 aromatic rings. The van der Waals surface area contributed by atoms with Gasteiger partial charge >= 0.3 is 12.3 Å². The molecule has 2 atom stereocenters. The lowest BCUT2D eigenvalue weighted by Crippen LogP contribution is -2.42. The minimum Gasteiger partial charge on any atom is -0.481 e. The van der Waals surface area contributed by atoms with Crippen molar-refractivity contribution in [2.45, 2.75) is 32.2 Å². The quantitative estimate of drug-likeness (QED) is 0.870. The predicted molar refractivity (Wildman–Crippen MR) is 73.5 cm³/mol. The Morgan fingerprint density at radius 2 is 1.74 bits per heavy atom. The highest BCUT2D eigenvalue weighted by atomic mass is 19.4. The van der Waals surface area contributed by atoms with Crippen molar-refractivity contribution in [3.63, 3.8) is 0 Å². The lowest BCUT2D eigenvalue weighted by molar-refractivity contribution is -0.274. The van der Waals surface area contributed by atoms with Crippen LogP contribution in [0.5, 0.6) is 5.75 Å². The third-order valence-electron chi connectivity index (χ3n) is 3.69. The van der Waals surface area contributed by atoms with Gasteiger partial charge in [-0.3, -0.25) is 9.59 Å². The summed E-state index contributed by atoms with van der Waals surface area (Å²) >= 11 is 0. The van der Waals surface area contributed by atoms with Crippen molar-refractivity contribution in [1.29, 1.82) is 0 Å². The van der Waals surface area contributed by atoms with Gasteiger partial charge in [0.2, 0.25) is 5.91 Å². The summed E-state index contributed by atoms with van der Waals surface area (Å²) in [5, 5.41) is 11.5. The fraction of sp³-hybridized carbons (Fsp3) is 0.467. The lowest BCUT2D eigenvalue weighted by Gasteiger charge is -2.27. The standard InChI is InChI=1S/C15H16F3NO4/c1-14(2,19-12(20)10-7-11(10)13(21)22)8-3-5-9(6-4-8)23-15(16,17)18/h3-6,10-11H,7H2,1-2H3,(H,19,20)(H,21,22). The number of benzene rings is 1. The summed E-state index contributed by atoms with van der Waals surface area (Å²) in [6.45, 7) is 3.37. The van der Waals surface area contributed by atoms with Gasteiger partial charge in [0.15, 0.2) is 0 Å². The Morgan fingerprint density at radius 1 is 1.17 bits per heavy atom. The van der Waals surface area contributed by atoms with E-state index in [9.17, 15) is 22.8 Å². The van der Waals surface area contributed by atoms with E-state index < -0.39 is 29.7 Å². The van der Waals surface area contributed by atoms with Gasteiger partial charge in [0, 0.05) is 0 Å². The van der Waals surface area contributed by atoms with Crippen LogP contribution in [0.2, 0.25) is 0 Å². The Labute approximate surface area is 130 Å². The molecule has 0 spiro atoms. The number of carboxylic acids is 1. The first-order valence-electron chi connectivity index (χ1n) is 6.91. The van der Waals surface area contributed by atoms with Crippen molar-refractivity contribution in [1.82, 2.24) is 5.32 Å². The Bertz CT molecular complexity index is 610. The Balaban J connectivity index is 2.02. The lowest BCUT2D eigenvalue weighted by atomic mass is 9.94. The van der Waals surface area contributed by atoms with Gasteiger partial charge in [-0.25, -0.2) is 0 Å². The maximum Gasteiger partial charge on any atom is 0.573 e. The Morgan fingerprint density at radius 3 is 2.17 bits per heavy atom. The number of hydrogen-bond acceptors (Lipinski definition) is 3. The van der Waals surface area contributed by atoms with Crippen LogP contribution in [0, 0.1) is 11.8 Å². The number of alkyl halides is 3. The number of nitrogens with one attached hydrogen (secondary N) is 1. The minimum absolute atomic E-state index is 0.301. The third kappa shape index (κ3) is 4.37. The highest BCUT2D eigenvalue weighted by Crippen LogP contribution is 2.39. The van der Waals surface area contributed by atoms with Gasteiger partial charge < -0.3 is 15.2 Å². The topological polar surface area (TPSA) is 75.6 Å². The molecule has 2 unspecified atom stereocenters. The second kappa shape index (κ2) is 5.75. The highest BCUT2D eigenvalue weighted by molar-refractivity contribution is 5.89. The van der Waals surface area contributed by atoms with Gasteiger partial charge in [0.1, 0.15) is 5.75 Å². The number of amides is 1. The molecule has 23 heavy (non-hydrogen) atoms. The molecule has 5 nitrogen and oxygen atoms in total. The van der Waals surface area contributed by atoms with E-state index >= 15 is 0 Å². The molecule has 0 heterocycles. The van der Waals surface area contributed by atoms with E-state index in [0.29, 0.717) is 12.0 Å². The molecule has 2 N–H and O–H groups in total. The van der Waals surface area contributed by atoms with Crippen LogP contribution in [0.1, 0.15) is 25.8 Å². The summed E-state index contributed by atoms with van der Waals surface area (Å²) in [5.74, 6) is -2.95. The van der Waals surface area contributed by atoms with E-state index in [1.165, 1.54) is 12.1 Å². The predicted octanol–water partition coefficient (Wildman–Crippen LogP) is 2.66. The first-order valence-corrected chi connectivity index (χ1v) is 6.91. The smallest absolute Gasteiger partial charge is 0.481 e. The maximum absolute atomic E-state index is 12.1. The fourth-order valence-electron chi connectivity index (χ4n) is 2.30. The normalized spacial score (nSPS) is 20.7. The number of carboxylic acid groups (broad SMARTS) is 1.